The lowest BCUT2D eigenvalue weighted by atomic mass is 10.0. The summed E-state index contributed by atoms with van der Waals surface area (Å²) in [6, 6.07) is 8.29. The van der Waals surface area contributed by atoms with Crippen molar-refractivity contribution in [3.63, 3.8) is 0 Å². The third kappa shape index (κ3) is 3.48. The zero-order valence-electron chi connectivity index (χ0n) is 9.30. The van der Waals surface area contributed by atoms with E-state index in [1.165, 1.54) is 11.1 Å². The Kier molecular flexibility index (Phi) is 3.67. The molecule has 14 heavy (non-hydrogen) atoms. The van der Waals surface area contributed by atoms with Crippen LogP contribution in [0.25, 0.3) is 0 Å². The van der Waals surface area contributed by atoms with Gasteiger partial charge in [-0.1, -0.05) is 24.3 Å². The predicted molar refractivity (Wildman–Crippen MR) is 60.9 cm³/mol. The van der Waals surface area contributed by atoms with Gasteiger partial charge in [-0.2, -0.15) is 0 Å². The summed E-state index contributed by atoms with van der Waals surface area (Å²) in [5, 5.41) is 3.46. The highest BCUT2D eigenvalue weighted by Gasteiger charge is 2.09. The van der Waals surface area contributed by atoms with Crippen molar-refractivity contribution in [3.8, 4) is 0 Å². The van der Waals surface area contributed by atoms with Crippen LogP contribution >= 0.6 is 0 Å². The van der Waals surface area contributed by atoms with E-state index in [1.807, 2.05) is 6.07 Å². The lowest BCUT2D eigenvalue weighted by Crippen LogP contribution is -2.35. The maximum atomic E-state index is 5.66. The van der Waals surface area contributed by atoms with E-state index in [0.29, 0.717) is 6.54 Å². The molecule has 3 N–H and O–H groups in total. The standard InChI is InChI=1S/C12H20N2/c1-12(2,3)14-9-11-7-5-4-6-10(11)8-13/h4-7,14H,8-9,13H2,1-3H3. The van der Waals surface area contributed by atoms with Crippen molar-refractivity contribution in [2.45, 2.75) is 39.4 Å². The maximum absolute atomic E-state index is 5.66. The van der Waals surface area contributed by atoms with Crippen LogP contribution in [0.4, 0.5) is 0 Å². The summed E-state index contributed by atoms with van der Waals surface area (Å²) >= 11 is 0. The molecule has 0 unspecified atom stereocenters. The van der Waals surface area contributed by atoms with Crippen LogP contribution in [0.15, 0.2) is 24.3 Å². The Morgan fingerprint density at radius 3 is 2.21 bits per heavy atom. The fourth-order valence-corrected chi connectivity index (χ4v) is 1.29. The maximum Gasteiger partial charge on any atom is 0.0213 e. The van der Waals surface area contributed by atoms with Gasteiger partial charge in [0.25, 0.3) is 0 Å². The number of hydrogen-bond acceptors (Lipinski definition) is 2. The Labute approximate surface area is 86.5 Å². The van der Waals surface area contributed by atoms with Gasteiger partial charge in [0.1, 0.15) is 0 Å². The minimum atomic E-state index is 0.154. The SMILES string of the molecule is CC(C)(C)NCc1ccccc1CN. The van der Waals surface area contributed by atoms with Gasteiger partial charge in [0.15, 0.2) is 0 Å². The van der Waals surface area contributed by atoms with Crippen molar-refractivity contribution in [1.82, 2.24) is 5.32 Å². The van der Waals surface area contributed by atoms with Crippen LogP contribution in [0.3, 0.4) is 0 Å². The number of benzene rings is 1. The van der Waals surface area contributed by atoms with E-state index in [1.54, 1.807) is 0 Å². The number of nitrogens with two attached hydrogens (primary N) is 1. The van der Waals surface area contributed by atoms with Crippen molar-refractivity contribution in [2.75, 3.05) is 0 Å². The van der Waals surface area contributed by atoms with Crippen molar-refractivity contribution in [3.05, 3.63) is 35.4 Å². The highest BCUT2D eigenvalue weighted by Crippen LogP contribution is 2.09. The average molecular weight is 192 g/mol. The second-order valence-corrected chi connectivity index (χ2v) is 4.58. The summed E-state index contributed by atoms with van der Waals surface area (Å²) in [5.41, 5.74) is 8.34. The van der Waals surface area contributed by atoms with E-state index in [9.17, 15) is 0 Å². The third-order valence-corrected chi connectivity index (χ3v) is 2.15. The van der Waals surface area contributed by atoms with Crippen LogP contribution in [0.1, 0.15) is 31.9 Å². The van der Waals surface area contributed by atoms with E-state index in [4.69, 9.17) is 5.73 Å². The largest absolute Gasteiger partial charge is 0.326 e. The summed E-state index contributed by atoms with van der Waals surface area (Å²) in [5.74, 6) is 0. The first-order valence-corrected chi connectivity index (χ1v) is 5.05. The lowest BCUT2D eigenvalue weighted by Gasteiger charge is -2.21. The summed E-state index contributed by atoms with van der Waals surface area (Å²) in [6.45, 7) is 7.99. The van der Waals surface area contributed by atoms with Crippen LogP contribution in [0.5, 0.6) is 0 Å². The van der Waals surface area contributed by atoms with Crippen molar-refractivity contribution in [1.29, 1.82) is 0 Å². The number of hydrogen-bond donors (Lipinski definition) is 2. The lowest BCUT2D eigenvalue weighted by molar-refractivity contribution is 0.423. The fourth-order valence-electron chi connectivity index (χ4n) is 1.29. The smallest absolute Gasteiger partial charge is 0.0213 e. The number of rotatable bonds is 3. The van der Waals surface area contributed by atoms with E-state index in [-0.39, 0.29) is 5.54 Å². The van der Waals surface area contributed by atoms with Crippen LogP contribution in [0, 0.1) is 0 Å². The quantitative estimate of drug-likeness (QED) is 0.769. The second kappa shape index (κ2) is 4.58. The van der Waals surface area contributed by atoms with Gasteiger partial charge in [0, 0.05) is 18.6 Å². The molecular weight excluding hydrogens is 172 g/mol. The first kappa shape index (κ1) is 11.2. The van der Waals surface area contributed by atoms with Gasteiger partial charge in [0.05, 0.1) is 0 Å². The van der Waals surface area contributed by atoms with Gasteiger partial charge in [-0.05, 0) is 31.9 Å². The molecule has 0 aliphatic heterocycles. The first-order valence-electron chi connectivity index (χ1n) is 5.05. The van der Waals surface area contributed by atoms with E-state index < -0.39 is 0 Å². The average Bonchev–Trinajstić information content (AvgIpc) is 2.14. The molecule has 0 atom stereocenters. The minimum Gasteiger partial charge on any atom is -0.326 e. The summed E-state index contributed by atoms with van der Waals surface area (Å²) < 4.78 is 0. The Balaban J connectivity index is 2.67. The molecule has 0 aromatic heterocycles. The molecule has 1 aromatic carbocycles. The Morgan fingerprint density at radius 1 is 1.14 bits per heavy atom. The van der Waals surface area contributed by atoms with Gasteiger partial charge in [-0.15, -0.1) is 0 Å². The third-order valence-electron chi connectivity index (χ3n) is 2.15. The van der Waals surface area contributed by atoms with Crippen molar-refractivity contribution < 1.29 is 0 Å². The molecule has 0 aliphatic carbocycles. The molecule has 0 bridgehead atoms. The molecule has 0 saturated carbocycles. The zero-order valence-corrected chi connectivity index (χ0v) is 9.30. The molecule has 1 rings (SSSR count). The molecule has 0 aliphatic rings. The molecule has 2 heteroatoms. The monoisotopic (exact) mass is 192 g/mol. The fraction of sp³-hybridized carbons (Fsp3) is 0.500. The van der Waals surface area contributed by atoms with Gasteiger partial charge < -0.3 is 11.1 Å². The topological polar surface area (TPSA) is 38.0 Å². The highest BCUT2D eigenvalue weighted by atomic mass is 14.9. The van der Waals surface area contributed by atoms with E-state index >= 15 is 0 Å². The van der Waals surface area contributed by atoms with E-state index in [2.05, 4.69) is 44.3 Å². The van der Waals surface area contributed by atoms with Crippen LogP contribution in [0.2, 0.25) is 0 Å². The molecular formula is C12H20N2. The number of nitrogens with one attached hydrogen (secondary N) is 1. The van der Waals surface area contributed by atoms with Crippen molar-refractivity contribution in [2.24, 2.45) is 5.73 Å². The Hall–Kier alpha value is -0.860. The normalized spacial score (nSPS) is 11.7. The van der Waals surface area contributed by atoms with Crippen LogP contribution < -0.4 is 11.1 Å². The highest BCUT2D eigenvalue weighted by molar-refractivity contribution is 5.26. The van der Waals surface area contributed by atoms with Gasteiger partial charge in [-0.3, -0.25) is 0 Å². The van der Waals surface area contributed by atoms with Crippen molar-refractivity contribution >= 4 is 0 Å². The minimum absolute atomic E-state index is 0.154. The molecule has 1 aromatic rings. The molecule has 0 saturated heterocycles. The zero-order chi connectivity index (χ0) is 10.6. The van der Waals surface area contributed by atoms with E-state index in [0.717, 1.165) is 6.54 Å². The summed E-state index contributed by atoms with van der Waals surface area (Å²) in [6.07, 6.45) is 0. The molecule has 0 heterocycles. The summed E-state index contributed by atoms with van der Waals surface area (Å²) in [7, 11) is 0. The predicted octanol–water partition coefficient (Wildman–Crippen LogP) is 2.03. The summed E-state index contributed by atoms with van der Waals surface area (Å²) in [4.78, 5) is 0. The molecule has 2 nitrogen and oxygen atoms in total. The molecule has 0 fully saturated rings. The van der Waals surface area contributed by atoms with Gasteiger partial charge in [0.2, 0.25) is 0 Å². The molecule has 0 spiro atoms. The molecule has 0 radical (unpaired) electrons. The van der Waals surface area contributed by atoms with Crippen LogP contribution in [-0.2, 0) is 13.1 Å². The van der Waals surface area contributed by atoms with Gasteiger partial charge in [-0.25, -0.2) is 0 Å². The second-order valence-electron chi connectivity index (χ2n) is 4.58. The Morgan fingerprint density at radius 2 is 1.71 bits per heavy atom. The van der Waals surface area contributed by atoms with Gasteiger partial charge >= 0.3 is 0 Å². The molecule has 0 amide bonds. The first-order chi connectivity index (χ1) is 6.53. The molecule has 78 valence electrons. The van der Waals surface area contributed by atoms with Crippen LogP contribution in [-0.4, -0.2) is 5.54 Å². The Bertz CT molecular complexity index is 287.